The number of rotatable bonds is 7. The van der Waals surface area contributed by atoms with Gasteiger partial charge in [-0.3, -0.25) is 0 Å². The van der Waals surface area contributed by atoms with Gasteiger partial charge in [-0.1, -0.05) is 83.2 Å². The molecule has 0 aliphatic carbocycles. The van der Waals surface area contributed by atoms with Gasteiger partial charge in [0.2, 0.25) is 0 Å². The fourth-order valence-corrected chi connectivity index (χ4v) is 3.19. The van der Waals surface area contributed by atoms with Crippen molar-refractivity contribution in [3.63, 3.8) is 0 Å². The van der Waals surface area contributed by atoms with Crippen LogP contribution in [0.25, 0.3) is 6.08 Å². The Labute approximate surface area is 207 Å². The molecule has 1 saturated heterocycles. The molecule has 1 N–H and O–H groups in total. The molecule has 1 aliphatic heterocycles. The number of aryl methyl sites for hydroxylation is 1. The third-order valence-corrected chi connectivity index (χ3v) is 6.06. The van der Waals surface area contributed by atoms with E-state index in [9.17, 15) is 0 Å². The minimum absolute atomic E-state index is 0.292. The van der Waals surface area contributed by atoms with Gasteiger partial charge in [-0.15, -0.1) is 6.58 Å². The highest BCUT2D eigenvalue weighted by atomic mass is 15.1. The van der Waals surface area contributed by atoms with E-state index in [1.807, 2.05) is 19.2 Å². The Balaban J connectivity index is 0.000000705. The molecule has 1 aromatic rings. The van der Waals surface area contributed by atoms with Gasteiger partial charge in [0.15, 0.2) is 0 Å². The van der Waals surface area contributed by atoms with Crippen LogP contribution < -0.4 is 5.32 Å². The quantitative estimate of drug-likeness (QED) is 0.328. The number of allylic oxidation sites excluding steroid dienone is 2. The molecule has 0 amide bonds. The molecule has 0 aromatic heterocycles. The number of hydrogen-bond donors (Lipinski definition) is 1. The van der Waals surface area contributed by atoms with Crippen LogP contribution in [0.4, 0.5) is 0 Å². The van der Waals surface area contributed by atoms with E-state index in [1.54, 1.807) is 0 Å². The molecule has 1 fully saturated rings. The third kappa shape index (κ3) is 17.4. The molecule has 1 heterocycles. The van der Waals surface area contributed by atoms with Crippen molar-refractivity contribution in [2.24, 2.45) is 11.3 Å². The molecule has 0 bridgehead atoms. The Hall–Kier alpha value is -1.80. The van der Waals surface area contributed by atoms with Crippen LogP contribution in [-0.2, 0) is 6.42 Å². The lowest BCUT2D eigenvalue weighted by atomic mass is 9.90. The standard InChI is InChI=1S/C20H29N.C6H12.C5H13N/c1-4-18-9-11-19(12-10-18)7-5-6-8-20-13-15-21(16-14-20)17(2)3;1-5-6(2,3)4;1-5(2,3)6-4/h4,9-12,20H,1-2,5-8,13-16H2,3H3;5H,1H2,2-4H3;6H,1-4H3. The molecule has 33 heavy (non-hydrogen) atoms. The lowest BCUT2D eigenvalue weighted by molar-refractivity contribution is 0.217. The molecular weight excluding hydrogens is 400 g/mol. The van der Waals surface area contributed by atoms with Gasteiger partial charge in [0.1, 0.15) is 0 Å². The van der Waals surface area contributed by atoms with E-state index in [2.05, 4.69) is 103 Å². The molecule has 0 saturated carbocycles. The van der Waals surface area contributed by atoms with Crippen molar-refractivity contribution in [2.75, 3.05) is 20.1 Å². The van der Waals surface area contributed by atoms with Gasteiger partial charge in [-0.2, -0.15) is 0 Å². The molecule has 0 spiro atoms. The summed E-state index contributed by atoms with van der Waals surface area (Å²) in [5, 5.41) is 3.10. The van der Waals surface area contributed by atoms with Crippen LogP contribution in [0.1, 0.15) is 91.7 Å². The zero-order valence-electron chi connectivity index (χ0n) is 23.3. The van der Waals surface area contributed by atoms with Crippen LogP contribution in [0, 0.1) is 11.3 Å². The van der Waals surface area contributed by atoms with E-state index in [-0.39, 0.29) is 0 Å². The number of hydrogen-bond acceptors (Lipinski definition) is 2. The zero-order valence-corrected chi connectivity index (χ0v) is 23.3. The summed E-state index contributed by atoms with van der Waals surface area (Å²) in [6.07, 6.45) is 11.8. The van der Waals surface area contributed by atoms with E-state index in [0.717, 1.165) is 5.92 Å². The maximum atomic E-state index is 4.04. The molecule has 2 heteroatoms. The van der Waals surface area contributed by atoms with E-state index < -0.39 is 0 Å². The molecule has 1 aromatic carbocycles. The van der Waals surface area contributed by atoms with Crippen LogP contribution in [0.5, 0.6) is 0 Å². The second kappa shape index (κ2) is 15.9. The summed E-state index contributed by atoms with van der Waals surface area (Å²) in [6, 6.07) is 8.80. The van der Waals surface area contributed by atoms with Crippen LogP contribution in [0.15, 0.2) is 55.8 Å². The number of piperidine rings is 1. The van der Waals surface area contributed by atoms with Crippen LogP contribution in [0.3, 0.4) is 0 Å². The molecular formula is C31H54N2. The predicted molar refractivity (Wildman–Crippen MR) is 152 cm³/mol. The van der Waals surface area contributed by atoms with Gasteiger partial charge in [-0.05, 0) is 82.9 Å². The van der Waals surface area contributed by atoms with Gasteiger partial charge in [0.25, 0.3) is 0 Å². The molecule has 0 atom stereocenters. The largest absolute Gasteiger partial charge is 0.376 e. The lowest BCUT2D eigenvalue weighted by Gasteiger charge is -2.33. The normalized spacial score (nSPS) is 14.4. The topological polar surface area (TPSA) is 15.3 Å². The summed E-state index contributed by atoms with van der Waals surface area (Å²) in [5.41, 5.74) is 4.50. The maximum absolute atomic E-state index is 4.04. The van der Waals surface area contributed by atoms with Gasteiger partial charge >= 0.3 is 0 Å². The minimum atomic E-state index is 0.292. The highest BCUT2D eigenvalue weighted by Gasteiger charge is 2.18. The number of nitrogens with zero attached hydrogens (tertiary/aromatic N) is 1. The highest BCUT2D eigenvalue weighted by molar-refractivity contribution is 5.47. The molecule has 188 valence electrons. The summed E-state index contributed by atoms with van der Waals surface area (Å²) >= 11 is 0. The van der Waals surface area contributed by atoms with Gasteiger partial charge in [0.05, 0.1) is 0 Å². The lowest BCUT2D eigenvalue weighted by Crippen LogP contribution is -2.31. The number of likely N-dealkylation sites (tertiary alicyclic amines) is 1. The van der Waals surface area contributed by atoms with Crippen LogP contribution >= 0.6 is 0 Å². The summed E-state index contributed by atoms with van der Waals surface area (Å²) in [7, 11) is 1.96. The fourth-order valence-electron chi connectivity index (χ4n) is 3.19. The van der Waals surface area contributed by atoms with Crippen molar-refractivity contribution in [1.29, 1.82) is 0 Å². The van der Waals surface area contributed by atoms with Gasteiger partial charge in [0, 0.05) is 24.3 Å². The van der Waals surface area contributed by atoms with E-state index in [1.165, 1.54) is 68.4 Å². The zero-order chi connectivity index (χ0) is 25.5. The maximum Gasteiger partial charge on any atom is 0.0177 e. The Morgan fingerprint density at radius 1 is 1.00 bits per heavy atom. The van der Waals surface area contributed by atoms with Crippen molar-refractivity contribution < 1.29 is 0 Å². The highest BCUT2D eigenvalue weighted by Crippen LogP contribution is 2.24. The minimum Gasteiger partial charge on any atom is -0.376 e. The Bertz CT molecular complexity index is 662. The SMILES string of the molecule is C=CC(C)(C)C.C=Cc1ccc(CCCCC2CCN(C(=C)C)CC2)cc1.CNC(C)(C)C. The van der Waals surface area contributed by atoms with E-state index in [0.29, 0.717) is 11.0 Å². The Morgan fingerprint density at radius 3 is 1.85 bits per heavy atom. The smallest absolute Gasteiger partial charge is 0.0177 e. The average Bonchev–Trinajstić information content (AvgIpc) is 2.77. The summed E-state index contributed by atoms with van der Waals surface area (Å²) in [6.45, 7) is 28.8. The number of nitrogens with one attached hydrogen (secondary N) is 1. The monoisotopic (exact) mass is 454 g/mol. The fraction of sp³-hybridized carbons (Fsp3) is 0.613. The van der Waals surface area contributed by atoms with E-state index in [4.69, 9.17) is 0 Å². The van der Waals surface area contributed by atoms with Crippen molar-refractivity contribution in [3.05, 3.63) is 66.9 Å². The molecule has 2 nitrogen and oxygen atoms in total. The van der Waals surface area contributed by atoms with Crippen molar-refractivity contribution >= 4 is 6.08 Å². The first-order chi connectivity index (χ1) is 15.3. The Morgan fingerprint density at radius 2 is 1.48 bits per heavy atom. The first kappa shape index (κ1) is 31.2. The predicted octanol–water partition coefficient (Wildman–Crippen LogP) is 8.51. The molecule has 0 radical (unpaired) electrons. The first-order valence-electron chi connectivity index (χ1n) is 12.8. The molecule has 2 rings (SSSR count). The third-order valence-electron chi connectivity index (χ3n) is 6.06. The van der Waals surface area contributed by atoms with Gasteiger partial charge < -0.3 is 10.2 Å². The van der Waals surface area contributed by atoms with Gasteiger partial charge in [-0.25, -0.2) is 0 Å². The summed E-state index contributed by atoms with van der Waals surface area (Å²) in [4.78, 5) is 2.43. The first-order valence-corrected chi connectivity index (χ1v) is 12.8. The van der Waals surface area contributed by atoms with E-state index >= 15 is 0 Å². The second-order valence-corrected chi connectivity index (χ2v) is 11.4. The summed E-state index contributed by atoms with van der Waals surface area (Å²) < 4.78 is 0. The summed E-state index contributed by atoms with van der Waals surface area (Å²) in [5.74, 6) is 0.934. The Kier molecular flexibility index (Phi) is 15.1. The number of unbranched alkanes of at least 4 members (excludes halogenated alkanes) is 1. The second-order valence-electron chi connectivity index (χ2n) is 11.4. The molecule has 0 unspecified atom stereocenters. The average molecular weight is 455 g/mol. The van der Waals surface area contributed by atoms with Crippen molar-refractivity contribution in [3.8, 4) is 0 Å². The molecule has 1 aliphatic rings. The van der Waals surface area contributed by atoms with Crippen molar-refractivity contribution in [1.82, 2.24) is 10.2 Å². The van der Waals surface area contributed by atoms with Crippen LogP contribution in [-0.4, -0.2) is 30.6 Å². The van der Waals surface area contributed by atoms with Crippen LogP contribution in [0.2, 0.25) is 0 Å². The number of benzene rings is 1. The van der Waals surface area contributed by atoms with Crippen molar-refractivity contribution in [2.45, 2.75) is 92.5 Å².